The molecule has 0 radical (unpaired) electrons. The van der Waals surface area contributed by atoms with E-state index in [1.807, 2.05) is 0 Å². The Labute approximate surface area is 198 Å². The van der Waals surface area contributed by atoms with Crippen LogP contribution in [0, 0.1) is 0 Å². The smallest absolute Gasteiger partial charge is 0.349 e. The van der Waals surface area contributed by atoms with E-state index in [4.69, 9.17) is 27.9 Å². The van der Waals surface area contributed by atoms with Crippen LogP contribution in [0.5, 0.6) is 5.75 Å². The molecule has 166 valence electrons. The number of carbonyl (C=O) groups excluding carboxylic acids is 4. The number of nitrogens with zero attached hydrogens (tertiary/aromatic N) is 3. The SMILES string of the molecule is CC(=O)N=C1N(/C=C2\C(=O)Oc3ccccc3C2=O)C(=O)/C(=C\c2cccc(Cl)c2Cl)N1C. The highest BCUT2D eigenvalue weighted by Crippen LogP contribution is 2.32. The molecular weight excluding hydrogens is 469 g/mol. The van der Waals surface area contributed by atoms with Gasteiger partial charge in [-0.3, -0.25) is 19.3 Å². The van der Waals surface area contributed by atoms with E-state index in [0.717, 1.165) is 11.1 Å². The Morgan fingerprint density at radius 1 is 1.06 bits per heavy atom. The molecule has 2 heterocycles. The number of esters is 1. The number of halogens is 2. The molecule has 1 fully saturated rings. The number of amides is 2. The van der Waals surface area contributed by atoms with Crippen LogP contribution in [0.25, 0.3) is 6.08 Å². The lowest BCUT2D eigenvalue weighted by Gasteiger charge is -2.19. The van der Waals surface area contributed by atoms with E-state index in [1.54, 1.807) is 30.3 Å². The Hall–Kier alpha value is -3.75. The fraction of sp³-hybridized carbons (Fsp3) is 0.0870. The minimum absolute atomic E-state index is 0.0908. The molecule has 0 spiro atoms. The van der Waals surface area contributed by atoms with Gasteiger partial charge in [-0.1, -0.05) is 47.5 Å². The first-order valence-corrected chi connectivity index (χ1v) is 10.3. The molecule has 0 aromatic heterocycles. The molecule has 8 nitrogen and oxygen atoms in total. The number of hydrogen-bond donors (Lipinski definition) is 0. The summed E-state index contributed by atoms with van der Waals surface area (Å²) < 4.78 is 5.22. The van der Waals surface area contributed by atoms with Gasteiger partial charge in [-0.25, -0.2) is 4.79 Å². The second-order valence-corrected chi connectivity index (χ2v) is 7.88. The first-order valence-electron chi connectivity index (χ1n) is 9.59. The first kappa shape index (κ1) is 22.4. The van der Waals surface area contributed by atoms with Crippen molar-refractivity contribution in [2.75, 3.05) is 7.05 Å². The Morgan fingerprint density at radius 3 is 2.52 bits per heavy atom. The van der Waals surface area contributed by atoms with E-state index in [9.17, 15) is 19.2 Å². The maximum atomic E-state index is 13.3. The summed E-state index contributed by atoms with van der Waals surface area (Å²) in [7, 11) is 1.51. The van der Waals surface area contributed by atoms with E-state index >= 15 is 0 Å². The van der Waals surface area contributed by atoms with Gasteiger partial charge in [0.05, 0.1) is 15.6 Å². The van der Waals surface area contributed by atoms with Gasteiger partial charge in [-0.2, -0.15) is 4.99 Å². The average Bonchev–Trinajstić information content (AvgIpc) is 2.98. The molecule has 2 amide bonds. The summed E-state index contributed by atoms with van der Waals surface area (Å²) in [6, 6.07) is 11.2. The molecule has 2 aromatic carbocycles. The largest absolute Gasteiger partial charge is 0.422 e. The van der Waals surface area contributed by atoms with Crippen LogP contribution in [0.4, 0.5) is 0 Å². The minimum Gasteiger partial charge on any atom is -0.422 e. The van der Waals surface area contributed by atoms with Gasteiger partial charge in [0, 0.05) is 20.2 Å². The Bertz CT molecular complexity index is 1330. The van der Waals surface area contributed by atoms with Crippen LogP contribution in [0.15, 0.2) is 64.9 Å². The van der Waals surface area contributed by atoms with Gasteiger partial charge in [-0.05, 0) is 29.8 Å². The molecule has 0 saturated carbocycles. The van der Waals surface area contributed by atoms with Gasteiger partial charge >= 0.3 is 5.97 Å². The third-order valence-electron chi connectivity index (χ3n) is 4.90. The van der Waals surface area contributed by atoms with Crippen LogP contribution in [0.2, 0.25) is 10.0 Å². The van der Waals surface area contributed by atoms with Crippen LogP contribution >= 0.6 is 23.2 Å². The lowest BCUT2D eigenvalue weighted by atomic mass is 10.0. The van der Waals surface area contributed by atoms with Crippen molar-refractivity contribution in [3.8, 4) is 5.75 Å². The molecule has 0 atom stereocenters. The predicted octanol–water partition coefficient (Wildman–Crippen LogP) is 3.70. The molecule has 0 unspecified atom stereocenters. The fourth-order valence-corrected chi connectivity index (χ4v) is 3.69. The topological polar surface area (TPSA) is 96.3 Å². The second-order valence-electron chi connectivity index (χ2n) is 7.10. The summed E-state index contributed by atoms with van der Waals surface area (Å²) in [5, 5.41) is 0.530. The number of para-hydroxylation sites is 1. The van der Waals surface area contributed by atoms with Crippen LogP contribution in [-0.2, 0) is 14.4 Å². The monoisotopic (exact) mass is 483 g/mol. The van der Waals surface area contributed by atoms with Crippen molar-refractivity contribution in [2.24, 2.45) is 4.99 Å². The van der Waals surface area contributed by atoms with E-state index in [0.29, 0.717) is 10.6 Å². The lowest BCUT2D eigenvalue weighted by Crippen LogP contribution is -2.33. The molecule has 4 rings (SSSR count). The fourth-order valence-electron chi connectivity index (χ4n) is 3.33. The number of carbonyl (C=O) groups is 4. The van der Waals surface area contributed by atoms with Crippen LogP contribution < -0.4 is 4.74 Å². The zero-order valence-electron chi connectivity index (χ0n) is 17.3. The number of Topliss-reactive ketones (excluding diaryl/α,β-unsaturated/α-hetero) is 1. The Kier molecular flexibility index (Phi) is 5.88. The van der Waals surface area contributed by atoms with E-state index in [-0.39, 0.29) is 33.6 Å². The predicted molar refractivity (Wildman–Crippen MR) is 122 cm³/mol. The number of ketones is 1. The summed E-state index contributed by atoms with van der Waals surface area (Å²) in [4.78, 5) is 56.6. The number of ether oxygens (including phenoxy) is 1. The van der Waals surface area contributed by atoms with Crippen molar-refractivity contribution in [3.63, 3.8) is 0 Å². The van der Waals surface area contributed by atoms with Crippen molar-refractivity contribution in [1.82, 2.24) is 9.80 Å². The van der Waals surface area contributed by atoms with E-state index < -0.39 is 23.6 Å². The standard InChI is InChI=1S/C23H15Cl2N3O5/c1-12(29)26-23-27(2)17(10-13-6-5-8-16(24)19(13)25)21(31)28(23)11-15-20(30)14-7-3-4-9-18(14)33-22(15)32/h3-11H,1-2H3/b15-11-,17-10+,26-23?. The first-order chi connectivity index (χ1) is 15.7. The molecule has 0 bridgehead atoms. The number of guanidine groups is 1. The second kappa shape index (κ2) is 8.65. The number of benzene rings is 2. The van der Waals surface area contributed by atoms with Crippen molar-refractivity contribution >= 4 is 58.8 Å². The third kappa shape index (κ3) is 4.06. The maximum absolute atomic E-state index is 13.3. The number of likely N-dealkylation sites (N-methyl/N-ethyl adjacent to an activating group) is 1. The van der Waals surface area contributed by atoms with E-state index in [1.165, 1.54) is 37.1 Å². The quantitative estimate of drug-likeness (QED) is 0.279. The Morgan fingerprint density at radius 2 is 1.79 bits per heavy atom. The van der Waals surface area contributed by atoms with Crippen LogP contribution in [-0.4, -0.2) is 46.4 Å². The number of fused-ring (bicyclic) bond motifs is 1. The van der Waals surface area contributed by atoms with Crippen LogP contribution in [0.1, 0.15) is 22.8 Å². The number of rotatable bonds is 2. The molecule has 2 aromatic rings. The van der Waals surface area contributed by atoms with Crippen molar-refractivity contribution in [2.45, 2.75) is 6.92 Å². The van der Waals surface area contributed by atoms with Crippen molar-refractivity contribution in [3.05, 3.63) is 81.1 Å². The summed E-state index contributed by atoms with van der Waals surface area (Å²) in [6.45, 7) is 1.21. The van der Waals surface area contributed by atoms with Gasteiger partial charge < -0.3 is 9.64 Å². The Balaban J connectivity index is 1.82. The summed E-state index contributed by atoms with van der Waals surface area (Å²) >= 11 is 12.3. The highest BCUT2D eigenvalue weighted by atomic mass is 35.5. The van der Waals surface area contributed by atoms with Gasteiger partial charge in [0.1, 0.15) is 17.0 Å². The van der Waals surface area contributed by atoms with Gasteiger partial charge in [0.2, 0.25) is 17.6 Å². The van der Waals surface area contributed by atoms with Gasteiger partial charge in [0.25, 0.3) is 5.91 Å². The molecule has 1 saturated heterocycles. The number of aliphatic imine (C=N–C) groups is 1. The summed E-state index contributed by atoms with van der Waals surface area (Å²) in [6.07, 6.45) is 2.50. The average molecular weight is 484 g/mol. The van der Waals surface area contributed by atoms with Crippen molar-refractivity contribution in [1.29, 1.82) is 0 Å². The van der Waals surface area contributed by atoms with E-state index in [2.05, 4.69) is 4.99 Å². The minimum atomic E-state index is -0.924. The zero-order chi connectivity index (χ0) is 23.9. The van der Waals surface area contributed by atoms with Crippen molar-refractivity contribution < 1.29 is 23.9 Å². The van der Waals surface area contributed by atoms with Gasteiger partial charge in [0.15, 0.2) is 0 Å². The molecule has 2 aliphatic heterocycles. The summed E-state index contributed by atoms with van der Waals surface area (Å²) in [5.41, 5.74) is 0.342. The highest BCUT2D eigenvalue weighted by molar-refractivity contribution is 6.43. The molecule has 2 aliphatic rings. The lowest BCUT2D eigenvalue weighted by molar-refractivity contribution is -0.130. The molecule has 0 N–H and O–H groups in total. The normalized spacial score (nSPS) is 19.5. The van der Waals surface area contributed by atoms with Gasteiger partial charge in [-0.15, -0.1) is 0 Å². The molecule has 33 heavy (non-hydrogen) atoms. The van der Waals surface area contributed by atoms with Crippen LogP contribution in [0.3, 0.4) is 0 Å². The zero-order valence-corrected chi connectivity index (χ0v) is 18.8. The maximum Gasteiger partial charge on any atom is 0.349 e. The summed E-state index contributed by atoms with van der Waals surface area (Å²) in [5.74, 6) is -2.73. The molecular formula is C23H15Cl2N3O5. The number of hydrogen-bond acceptors (Lipinski definition) is 5. The highest BCUT2D eigenvalue weighted by Gasteiger charge is 2.39. The molecule has 0 aliphatic carbocycles. The molecule has 10 heteroatoms. The third-order valence-corrected chi connectivity index (χ3v) is 5.74.